The van der Waals surface area contributed by atoms with Crippen LogP contribution in [0.25, 0.3) is 11.4 Å². The van der Waals surface area contributed by atoms with Crippen molar-refractivity contribution >= 4 is 29.1 Å². The number of hydrogen-bond donors (Lipinski definition) is 3. The van der Waals surface area contributed by atoms with Gasteiger partial charge in [0, 0.05) is 19.1 Å². The first-order valence-corrected chi connectivity index (χ1v) is 10.2. The van der Waals surface area contributed by atoms with Crippen LogP contribution in [0.15, 0.2) is 30.6 Å². The Hall–Kier alpha value is -4.06. The molecule has 172 valence electrons. The zero-order valence-electron chi connectivity index (χ0n) is 18.1. The number of para-hydroxylation sites is 1. The highest BCUT2D eigenvalue weighted by atomic mass is 16.5. The second-order valence-corrected chi connectivity index (χ2v) is 7.40. The molecular weight excluding hydrogens is 430 g/mol. The summed E-state index contributed by atoms with van der Waals surface area (Å²) in [7, 11) is 3.11. The average Bonchev–Trinajstić information content (AvgIpc) is 3.56. The molecule has 12 nitrogen and oxygen atoms in total. The third kappa shape index (κ3) is 5.06. The summed E-state index contributed by atoms with van der Waals surface area (Å²) in [5.74, 6) is -0.441. The van der Waals surface area contributed by atoms with Gasteiger partial charge in [0.1, 0.15) is 6.33 Å². The number of anilines is 3. The van der Waals surface area contributed by atoms with Crippen LogP contribution in [0.3, 0.4) is 0 Å². The van der Waals surface area contributed by atoms with Gasteiger partial charge in [-0.25, -0.2) is 9.78 Å². The minimum atomic E-state index is -1.27. The molecule has 33 heavy (non-hydrogen) atoms. The molecule has 1 aliphatic carbocycles. The SMILES string of the molecule is COCCn1cnc(-c2cccc(Nc3cc(NC(=O)C4CC4)nnc3C(=O)O)c2OC)n1. The quantitative estimate of drug-likeness (QED) is 0.416. The fourth-order valence-corrected chi connectivity index (χ4v) is 3.17. The van der Waals surface area contributed by atoms with Crippen molar-refractivity contribution in [2.24, 2.45) is 5.92 Å². The molecule has 1 amide bonds. The Morgan fingerprint density at radius 3 is 2.73 bits per heavy atom. The summed E-state index contributed by atoms with van der Waals surface area (Å²) in [5, 5.41) is 27.3. The molecule has 1 saturated carbocycles. The lowest BCUT2D eigenvalue weighted by atomic mass is 10.1. The Balaban J connectivity index is 1.65. The van der Waals surface area contributed by atoms with Gasteiger partial charge in [-0.15, -0.1) is 10.2 Å². The second kappa shape index (κ2) is 9.61. The maximum Gasteiger partial charge on any atom is 0.358 e. The number of carbonyl (C=O) groups is 2. The van der Waals surface area contributed by atoms with Crippen LogP contribution < -0.4 is 15.4 Å². The molecule has 0 atom stereocenters. The number of rotatable bonds is 10. The maximum absolute atomic E-state index is 12.1. The number of nitrogens with one attached hydrogen (secondary N) is 2. The number of benzene rings is 1. The smallest absolute Gasteiger partial charge is 0.358 e. The highest BCUT2D eigenvalue weighted by Gasteiger charge is 2.30. The lowest BCUT2D eigenvalue weighted by Crippen LogP contribution is -2.16. The zero-order chi connectivity index (χ0) is 23.4. The van der Waals surface area contributed by atoms with Gasteiger partial charge >= 0.3 is 5.97 Å². The van der Waals surface area contributed by atoms with Crippen molar-refractivity contribution in [3.05, 3.63) is 36.3 Å². The van der Waals surface area contributed by atoms with E-state index in [9.17, 15) is 14.7 Å². The Bertz CT molecular complexity index is 1180. The molecule has 3 N–H and O–H groups in total. The summed E-state index contributed by atoms with van der Waals surface area (Å²) >= 11 is 0. The Kier molecular flexibility index (Phi) is 6.45. The first-order chi connectivity index (χ1) is 16.0. The van der Waals surface area contributed by atoms with Crippen molar-refractivity contribution in [1.82, 2.24) is 25.0 Å². The van der Waals surface area contributed by atoms with E-state index in [-0.39, 0.29) is 29.0 Å². The Morgan fingerprint density at radius 1 is 1.21 bits per heavy atom. The van der Waals surface area contributed by atoms with E-state index in [1.54, 1.807) is 36.3 Å². The lowest BCUT2D eigenvalue weighted by Gasteiger charge is -2.15. The number of aromatic nitrogens is 5. The monoisotopic (exact) mass is 453 g/mol. The number of carbonyl (C=O) groups excluding carboxylic acids is 1. The predicted molar refractivity (Wildman–Crippen MR) is 118 cm³/mol. The van der Waals surface area contributed by atoms with E-state index in [1.807, 2.05) is 0 Å². The van der Waals surface area contributed by atoms with Gasteiger partial charge in [0.25, 0.3) is 0 Å². The van der Waals surface area contributed by atoms with Crippen LogP contribution in [0.4, 0.5) is 17.2 Å². The lowest BCUT2D eigenvalue weighted by molar-refractivity contribution is -0.117. The van der Waals surface area contributed by atoms with E-state index < -0.39 is 5.97 Å². The molecule has 1 aromatic carbocycles. The number of aromatic carboxylic acids is 1. The van der Waals surface area contributed by atoms with Gasteiger partial charge in [0.05, 0.1) is 37.2 Å². The first-order valence-electron chi connectivity index (χ1n) is 10.2. The average molecular weight is 453 g/mol. The van der Waals surface area contributed by atoms with E-state index >= 15 is 0 Å². The van der Waals surface area contributed by atoms with Crippen molar-refractivity contribution in [1.29, 1.82) is 0 Å². The van der Waals surface area contributed by atoms with Crippen molar-refractivity contribution in [2.75, 3.05) is 31.5 Å². The number of hydrogen-bond acceptors (Lipinski definition) is 9. The number of amides is 1. The number of carboxylic acid groups (broad SMARTS) is 1. The molecule has 0 spiro atoms. The summed E-state index contributed by atoms with van der Waals surface area (Å²) in [6.07, 6.45) is 3.26. The van der Waals surface area contributed by atoms with Crippen LogP contribution >= 0.6 is 0 Å². The normalized spacial score (nSPS) is 12.9. The topological polar surface area (TPSA) is 153 Å². The largest absolute Gasteiger partial charge is 0.494 e. The molecule has 4 rings (SSSR count). The van der Waals surface area contributed by atoms with Gasteiger partial charge in [0.2, 0.25) is 5.91 Å². The van der Waals surface area contributed by atoms with E-state index in [1.165, 1.54) is 13.2 Å². The fourth-order valence-electron chi connectivity index (χ4n) is 3.17. The fraction of sp³-hybridized carbons (Fsp3) is 0.333. The van der Waals surface area contributed by atoms with Crippen molar-refractivity contribution in [2.45, 2.75) is 19.4 Å². The van der Waals surface area contributed by atoms with E-state index in [0.29, 0.717) is 36.0 Å². The van der Waals surface area contributed by atoms with Crippen molar-refractivity contribution in [3.8, 4) is 17.1 Å². The molecule has 0 bridgehead atoms. The van der Waals surface area contributed by atoms with Crippen LogP contribution in [0.2, 0.25) is 0 Å². The Labute approximate surface area is 189 Å². The van der Waals surface area contributed by atoms with Crippen LogP contribution in [0, 0.1) is 5.92 Å². The Morgan fingerprint density at radius 2 is 2.03 bits per heavy atom. The second-order valence-electron chi connectivity index (χ2n) is 7.40. The number of nitrogens with zero attached hydrogens (tertiary/aromatic N) is 5. The van der Waals surface area contributed by atoms with E-state index in [2.05, 4.69) is 30.9 Å². The molecular formula is C21H23N7O5. The van der Waals surface area contributed by atoms with Crippen LogP contribution in [-0.4, -0.2) is 62.8 Å². The summed E-state index contributed by atoms with van der Waals surface area (Å²) in [5.41, 5.74) is 0.935. The summed E-state index contributed by atoms with van der Waals surface area (Å²) < 4.78 is 12.3. The molecule has 2 heterocycles. The van der Waals surface area contributed by atoms with Gasteiger partial charge in [0.15, 0.2) is 23.1 Å². The molecule has 0 aliphatic heterocycles. The minimum Gasteiger partial charge on any atom is -0.494 e. The molecule has 1 aliphatic rings. The standard InChI is InChI=1S/C21H23N7O5/c1-32-9-8-28-11-22-19(27-28)13-4-3-5-14(18(13)33-2)23-15-10-16(24-20(29)12-6-7-12)25-26-17(15)21(30)31/h3-5,10-12H,6-9H2,1-2H3,(H,30,31)(H2,23,24,25,29). The van der Waals surface area contributed by atoms with Crippen LogP contribution in [0.5, 0.6) is 5.75 Å². The van der Waals surface area contributed by atoms with Crippen LogP contribution in [0.1, 0.15) is 23.3 Å². The predicted octanol–water partition coefficient (Wildman–Crippen LogP) is 2.18. The molecule has 12 heteroatoms. The summed E-state index contributed by atoms with van der Waals surface area (Å²) in [6, 6.07) is 6.71. The third-order valence-electron chi connectivity index (χ3n) is 4.99. The molecule has 0 saturated heterocycles. The summed E-state index contributed by atoms with van der Waals surface area (Å²) in [6.45, 7) is 1.04. The third-order valence-corrected chi connectivity index (χ3v) is 4.99. The van der Waals surface area contributed by atoms with Gasteiger partial charge in [-0.3, -0.25) is 9.48 Å². The number of ether oxygens (including phenoxy) is 2. The summed E-state index contributed by atoms with van der Waals surface area (Å²) in [4.78, 5) is 28.1. The van der Waals surface area contributed by atoms with Crippen molar-refractivity contribution < 1.29 is 24.2 Å². The van der Waals surface area contributed by atoms with E-state index in [4.69, 9.17) is 9.47 Å². The van der Waals surface area contributed by atoms with Gasteiger partial charge in [-0.05, 0) is 25.0 Å². The highest BCUT2D eigenvalue weighted by molar-refractivity contribution is 5.96. The maximum atomic E-state index is 12.1. The molecule has 3 aromatic rings. The molecule has 0 unspecified atom stereocenters. The van der Waals surface area contributed by atoms with Gasteiger partial charge in [-0.1, -0.05) is 6.07 Å². The molecule has 2 aromatic heterocycles. The minimum absolute atomic E-state index is 0.0321. The first kappa shape index (κ1) is 22.1. The highest BCUT2D eigenvalue weighted by Crippen LogP contribution is 2.37. The van der Waals surface area contributed by atoms with Crippen LogP contribution in [-0.2, 0) is 16.1 Å². The van der Waals surface area contributed by atoms with Gasteiger partial charge < -0.3 is 25.2 Å². The molecule has 0 radical (unpaired) electrons. The molecule has 1 fully saturated rings. The van der Waals surface area contributed by atoms with Gasteiger partial charge in [-0.2, -0.15) is 5.10 Å². The van der Waals surface area contributed by atoms with Crippen molar-refractivity contribution in [3.63, 3.8) is 0 Å². The van der Waals surface area contributed by atoms with E-state index in [0.717, 1.165) is 12.8 Å². The zero-order valence-corrected chi connectivity index (χ0v) is 18.1. The number of carboxylic acids is 1. The number of methoxy groups -OCH3 is 2.